The molecule has 1 aromatic rings. The predicted octanol–water partition coefficient (Wildman–Crippen LogP) is 3.03. The highest BCUT2D eigenvalue weighted by Gasteiger charge is 2.49. The Morgan fingerprint density at radius 1 is 1.39 bits per heavy atom. The topological polar surface area (TPSA) is 60.4 Å². The maximum Gasteiger partial charge on any atom is 0.193 e. The Hall–Kier alpha value is -0.550. The van der Waals surface area contributed by atoms with Crippen molar-refractivity contribution >= 4 is 11.6 Å². The molecule has 0 saturated carbocycles. The first kappa shape index (κ1) is 13.9. The second-order valence-electron chi connectivity index (χ2n) is 6.06. The van der Waals surface area contributed by atoms with Gasteiger partial charge in [-0.3, -0.25) is 5.84 Å². The summed E-state index contributed by atoms with van der Waals surface area (Å²) < 4.78 is 11.6. The zero-order valence-electron chi connectivity index (χ0n) is 11.3. The maximum atomic E-state index is 6.09. The maximum absolute atomic E-state index is 6.09. The molecule has 0 aromatic carbocycles. The summed E-state index contributed by atoms with van der Waals surface area (Å²) in [4.78, 5) is 0. The van der Waals surface area contributed by atoms with E-state index in [-0.39, 0.29) is 23.2 Å². The first-order chi connectivity index (χ1) is 8.25. The molecule has 0 aliphatic carbocycles. The lowest BCUT2D eigenvalue weighted by atomic mass is 9.81. The third-order valence-corrected chi connectivity index (χ3v) is 3.83. The van der Waals surface area contributed by atoms with Crippen molar-refractivity contribution < 1.29 is 9.15 Å². The van der Waals surface area contributed by atoms with Crippen molar-refractivity contribution in [2.45, 2.75) is 51.4 Å². The van der Waals surface area contributed by atoms with E-state index in [2.05, 4.69) is 33.1 Å². The van der Waals surface area contributed by atoms with Gasteiger partial charge in [0.1, 0.15) is 5.76 Å². The summed E-state index contributed by atoms with van der Waals surface area (Å²) >= 11 is 5.83. The number of nitrogens with two attached hydrogens (primary N) is 1. The summed E-state index contributed by atoms with van der Waals surface area (Å²) in [5.41, 5.74) is 2.42. The third-order valence-electron chi connectivity index (χ3n) is 3.63. The van der Waals surface area contributed by atoms with Gasteiger partial charge in [0, 0.05) is 5.92 Å². The molecule has 1 aliphatic rings. The van der Waals surface area contributed by atoms with Gasteiger partial charge in [-0.15, -0.1) is 0 Å². The van der Waals surface area contributed by atoms with Crippen molar-refractivity contribution in [2.24, 2.45) is 11.8 Å². The predicted molar refractivity (Wildman–Crippen MR) is 71.1 cm³/mol. The van der Waals surface area contributed by atoms with Crippen LogP contribution in [-0.2, 0) is 4.74 Å². The van der Waals surface area contributed by atoms with Crippen molar-refractivity contribution in [1.29, 1.82) is 0 Å². The van der Waals surface area contributed by atoms with Crippen LogP contribution in [0.5, 0.6) is 0 Å². The summed E-state index contributed by atoms with van der Waals surface area (Å²) in [6, 6.07) is 3.48. The summed E-state index contributed by atoms with van der Waals surface area (Å²) in [5.74, 6) is 6.67. The van der Waals surface area contributed by atoms with Crippen LogP contribution < -0.4 is 11.3 Å². The number of furan rings is 1. The Balaban J connectivity index is 2.28. The first-order valence-corrected chi connectivity index (χ1v) is 6.54. The van der Waals surface area contributed by atoms with E-state index in [1.807, 2.05) is 6.07 Å². The number of hydrogen-bond donors (Lipinski definition) is 2. The van der Waals surface area contributed by atoms with Gasteiger partial charge in [-0.05, 0) is 57.8 Å². The Morgan fingerprint density at radius 3 is 2.44 bits per heavy atom. The van der Waals surface area contributed by atoms with E-state index in [9.17, 15) is 0 Å². The van der Waals surface area contributed by atoms with Gasteiger partial charge in [0.15, 0.2) is 5.22 Å². The minimum Gasteiger partial charge on any atom is -0.448 e. The average Bonchev–Trinajstić information content (AvgIpc) is 2.70. The zero-order chi connectivity index (χ0) is 13.6. The van der Waals surface area contributed by atoms with Crippen LogP contribution >= 0.6 is 11.6 Å². The Morgan fingerprint density at radius 2 is 2.06 bits per heavy atom. The summed E-state index contributed by atoms with van der Waals surface area (Å²) in [5, 5.41) is 0.376. The van der Waals surface area contributed by atoms with Crippen LogP contribution in [0.15, 0.2) is 16.5 Å². The van der Waals surface area contributed by atoms with Gasteiger partial charge in [-0.1, -0.05) is 0 Å². The summed E-state index contributed by atoms with van der Waals surface area (Å²) in [6.07, 6.45) is 0.910. The van der Waals surface area contributed by atoms with E-state index in [1.54, 1.807) is 6.07 Å². The molecule has 1 fully saturated rings. The van der Waals surface area contributed by atoms with Crippen molar-refractivity contribution in [3.63, 3.8) is 0 Å². The largest absolute Gasteiger partial charge is 0.448 e. The van der Waals surface area contributed by atoms with Crippen LogP contribution in [0.1, 0.15) is 45.9 Å². The molecule has 0 amide bonds. The molecule has 5 heteroatoms. The molecular weight excluding hydrogens is 252 g/mol. The van der Waals surface area contributed by atoms with Crippen LogP contribution in [-0.4, -0.2) is 11.2 Å². The molecule has 2 atom stereocenters. The molecule has 1 saturated heterocycles. The Kier molecular flexibility index (Phi) is 3.49. The number of halogens is 1. The first-order valence-electron chi connectivity index (χ1n) is 6.17. The van der Waals surface area contributed by atoms with Crippen LogP contribution in [0, 0.1) is 5.92 Å². The van der Waals surface area contributed by atoms with Gasteiger partial charge in [-0.25, -0.2) is 5.43 Å². The smallest absolute Gasteiger partial charge is 0.193 e. The molecule has 0 spiro atoms. The molecule has 1 aliphatic heterocycles. The SMILES string of the molecule is CC1(C)CC(C(NN)c2ccc(Cl)o2)C(C)(C)O1. The van der Waals surface area contributed by atoms with E-state index >= 15 is 0 Å². The molecule has 18 heavy (non-hydrogen) atoms. The second kappa shape index (κ2) is 4.53. The van der Waals surface area contributed by atoms with Crippen molar-refractivity contribution in [3.05, 3.63) is 23.1 Å². The summed E-state index contributed by atoms with van der Waals surface area (Å²) in [7, 11) is 0. The molecule has 2 rings (SSSR count). The molecule has 0 bridgehead atoms. The minimum absolute atomic E-state index is 0.103. The van der Waals surface area contributed by atoms with E-state index in [0.29, 0.717) is 5.22 Å². The standard InChI is InChI=1S/C13H21ClN2O2/c1-12(2)7-8(13(3,4)18-12)11(16-15)9-5-6-10(14)17-9/h5-6,8,11,16H,7,15H2,1-4H3. The highest BCUT2D eigenvalue weighted by Crippen LogP contribution is 2.47. The molecule has 1 aromatic heterocycles. The van der Waals surface area contributed by atoms with Gasteiger partial charge < -0.3 is 9.15 Å². The average molecular weight is 273 g/mol. The van der Waals surface area contributed by atoms with Gasteiger partial charge in [-0.2, -0.15) is 0 Å². The monoisotopic (exact) mass is 272 g/mol. The molecule has 4 nitrogen and oxygen atoms in total. The van der Waals surface area contributed by atoms with Crippen LogP contribution in [0.25, 0.3) is 0 Å². The highest BCUT2D eigenvalue weighted by atomic mass is 35.5. The molecule has 0 radical (unpaired) electrons. The van der Waals surface area contributed by atoms with Crippen LogP contribution in [0.2, 0.25) is 5.22 Å². The number of hydrazine groups is 1. The second-order valence-corrected chi connectivity index (χ2v) is 6.43. The third kappa shape index (κ3) is 2.57. The van der Waals surface area contributed by atoms with Gasteiger partial charge in [0.2, 0.25) is 0 Å². The Bertz CT molecular complexity index is 428. The minimum atomic E-state index is -0.264. The van der Waals surface area contributed by atoms with Crippen LogP contribution in [0.3, 0.4) is 0 Å². The highest BCUT2D eigenvalue weighted by molar-refractivity contribution is 6.28. The number of rotatable bonds is 3. The molecular formula is C13H21ClN2O2. The molecule has 102 valence electrons. The van der Waals surface area contributed by atoms with Gasteiger partial charge in [0.05, 0.1) is 17.2 Å². The summed E-state index contributed by atoms with van der Waals surface area (Å²) in [6.45, 7) is 8.36. The van der Waals surface area contributed by atoms with E-state index in [0.717, 1.165) is 12.2 Å². The number of ether oxygens (including phenoxy) is 1. The normalized spacial score (nSPS) is 27.3. The lowest BCUT2D eigenvalue weighted by molar-refractivity contribution is -0.0785. The van der Waals surface area contributed by atoms with Crippen molar-refractivity contribution in [2.75, 3.05) is 0 Å². The van der Waals surface area contributed by atoms with E-state index in [1.165, 1.54) is 0 Å². The van der Waals surface area contributed by atoms with E-state index in [4.69, 9.17) is 26.6 Å². The fourth-order valence-electron chi connectivity index (χ4n) is 3.02. The molecule has 2 heterocycles. The zero-order valence-corrected chi connectivity index (χ0v) is 12.0. The van der Waals surface area contributed by atoms with Crippen molar-refractivity contribution in [3.8, 4) is 0 Å². The molecule has 2 unspecified atom stereocenters. The number of hydrogen-bond acceptors (Lipinski definition) is 4. The fraction of sp³-hybridized carbons (Fsp3) is 0.692. The fourth-order valence-corrected chi connectivity index (χ4v) is 3.17. The van der Waals surface area contributed by atoms with Crippen LogP contribution in [0.4, 0.5) is 0 Å². The lowest BCUT2D eigenvalue weighted by Gasteiger charge is -2.31. The quantitative estimate of drug-likeness (QED) is 0.656. The lowest BCUT2D eigenvalue weighted by Crippen LogP contribution is -2.41. The molecule has 3 N–H and O–H groups in total. The number of nitrogens with one attached hydrogen (secondary N) is 1. The van der Waals surface area contributed by atoms with E-state index < -0.39 is 0 Å². The van der Waals surface area contributed by atoms with Gasteiger partial charge >= 0.3 is 0 Å². The van der Waals surface area contributed by atoms with Gasteiger partial charge in [0.25, 0.3) is 0 Å². The van der Waals surface area contributed by atoms with Crippen molar-refractivity contribution in [1.82, 2.24) is 5.43 Å². The Labute approximate surface area is 113 Å².